The van der Waals surface area contributed by atoms with E-state index in [-0.39, 0.29) is 24.3 Å². The van der Waals surface area contributed by atoms with Gasteiger partial charge in [0.15, 0.2) is 0 Å². The van der Waals surface area contributed by atoms with Crippen LogP contribution in [-0.2, 0) is 11.3 Å². The summed E-state index contributed by atoms with van der Waals surface area (Å²) in [5.74, 6) is -0.286. The SMILES string of the molecule is O=C(CC1CCCCN1)NCc1ccccc1F. The monoisotopic (exact) mass is 250 g/mol. The van der Waals surface area contributed by atoms with Crippen LogP contribution in [0.25, 0.3) is 0 Å². The Morgan fingerprint density at radius 2 is 2.22 bits per heavy atom. The summed E-state index contributed by atoms with van der Waals surface area (Å²) in [5.41, 5.74) is 0.530. The van der Waals surface area contributed by atoms with E-state index in [0.29, 0.717) is 12.0 Å². The molecule has 1 aliphatic heterocycles. The third kappa shape index (κ3) is 3.81. The number of carbonyl (C=O) groups is 1. The highest BCUT2D eigenvalue weighted by molar-refractivity contribution is 5.76. The molecule has 1 aliphatic rings. The summed E-state index contributed by atoms with van der Waals surface area (Å²) < 4.78 is 13.3. The Hall–Kier alpha value is -1.42. The van der Waals surface area contributed by atoms with Crippen LogP contribution in [0.2, 0.25) is 0 Å². The largest absolute Gasteiger partial charge is 0.352 e. The Balaban J connectivity index is 1.76. The van der Waals surface area contributed by atoms with Crippen molar-refractivity contribution in [3.05, 3.63) is 35.6 Å². The lowest BCUT2D eigenvalue weighted by Crippen LogP contribution is -2.38. The van der Waals surface area contributed by atoms with Gasteiger partial charge < -0.3 is 10.6 Å². The fourth-order valence-electron chi connectivity index (χ4n) is 2.23. The third-order valence-electron chi connectivity index (χ3n) is 3.28. The molecule has 2 N–H and O–H groups in total. The molecule has 0 aliphatic carbocycles. The van der Waals surface area contributed by atoms with E-state index in [1.54, 1.807) is 18.2 Å². The van der Waals surface area contributed by atoms with E-state index in [2.05, 4.69) is 10.6 Å². The van der Waals surface area contributed by atoms with Crippen molar-refractivity contribution in [2.75, 3.05) is 6.54 Å². The first kappa shape index (κ1) is 13.0. The first-order chi connectivity index (χ1) is 8.75. The zero-order valence-corrected chi connectivity index (χ0v) is 10.4. The van der Waals surface area contributed by atoms with Gasteiger partial charge in [-0.05, 0) is 25.5 Å². The van der Waals surface area contributed by atoms with Crippen LogP contribution in [0.4, 0.5) is 4.39 Å². The van der Waals surface area contributed by atoms with Gasteiger partial charge in [0.1, 0.15) is 5.82 Å². The average molecular weight is 250 g/mol. The molecular formula is C14H19FN2O. The highest BCUT2D eigenvalue weighted by Gasteiger charge is 2.16. The maximum Gasteiger partial charge on any atom is 0.221 e. The number of benzene rings is 1. The minimum absolute atomic E-state index is 0.0161. The van der Waals surface area contributed by atoms with Crippen LogP contribution < -0.4 is 10.6 Å². The van der Waals surface area contributed by atoms with E-state index in [9.17, 15) is 9.18 Å². The molecule has 0 radical (unpaired) electrons. The molecular weight excluding hydrogens is 231 g/mol. The van der Waals surface area contributed by atoms with Crippen molar-refractivity contribution >= 4 is 5.91 Å². The third-order valence-corrected chi connectivity index (χ3v) is 3.28. The summed E-state index contributed by atoms with van der Waals surface area (Å²) in [4.78, 5) is 11.7. The maximum absolute atomic E-state index is 13.3. The molecule has 18 heavy (non-hydrogen) atoms. The molecule has 3 nitrogen and oxygen atoms in total. The predicted molar refractivity (Wildman–Crippen MR) is 68.5 cm³/mol. The second-order valence-corrected chi connectivity index (χ2v) is 4.72. The smallest absolute Gasteiger partial charge is 0.221 e. The van der Waals surface area contributed by atoms with Crippen LogP contribution in [-0.4, -0.2) is 18.5 Å². The molecule has 98 valence electrons. The zero-order chi connectivity index (χ0) is 12.8. The fourth-order valence-corrected chi connectivity index (χ4v) is 2.23. The lowest BCUT2D eigenvalue weighted by Gasteiger charge is -2.22. The lowest BCUT2D eigenvalue weighted by atomic mass is 10.0. The van der Waals surface area contributed by atoms with Gasteiger partial charge in [0, 0.05) is 24.6 Å². The van der Waals surface area contributed by atoms with Gasteiger partial charge in [-0.25, -0.2) is 4.39 Å². The van der Waals surface area contributed by atoms with Gasteiger partial charge in [-0.3, -0.25) is 4.79 Å². The molecule has 0 bridgehead atoms. The van der Waals surface area contributed by atoms with Gasteiger partial charge >= 0.3 is 0 Å². The highest BCUT2D eigenvalue weighted by atomic mass is 19.1. The summed E-state index contributed by atoms with van der Waals surface area (Å²) in [7, 11) is 0. The number of rotatable bonds is 4. The molecule has 0 saturated carbocycles. The van der Waals surface area contributed by atoms with E-state index in [1.807, 2.05) is 0 Å². The quantitative estimate of drug-likeness (QED) is 0.858. The van der Waals surface area contributed by atoms with E-state index in [0.717, 1.165) is 13.0 Å². The topological polar surface area (TPSA) is 41.1 Å². The van der Waals surface area contributed by atoms with Crippen LogP contribution in [0.15, 0.2) is 24.3 Å². The van der Waals surface area contributed by atoms with E-state index in [1.165, 1.54) is 18.9 Å². The summed E-state index contributed by atoms with van der Waals surface area (Å²) >= 11 is 0. The molecule has 1 amide bonds. The molecule has 0 aromatic heterocycles. The van der Waals surface area contributed by atoms with Gasteiger partial charge in [0.25, 0.3) is 0 Å². The van der Waals surface area contributed by atoms with Crippen LogP contribution in [0.1, 0.15) is 31.2 Å². The van der Waals surface area contributed by atoms with Crippen molar-refractivity contribution in [3.8, 4) is 0 Å². The number of hydrogen-bond donors (Lipinski definition) is 2. The minimum atomic E-state index is -0.270. The van der Waals surface area contributed by atoms with E-state index in [4.69, 9.17) is 0 Å². The lowest BCUT2D eigenvalue weighted by molar-refractivity contribution is -0.121. The Morgan fingerprint density at radius 3 is 2.94 bits per heavy atom. The van der Waals surface area contributed by atoms with Crippen molar-refractivity contribution in [3.63, 3.8) is 0 Å². The molecule has 1 unspecified atom stereocenters. The number of halogens is 1. The van der Waals surface area contributed by atoms with Crippen molar-refractivity contribution in [1.29, 1.82) is 0 Å². The molecule has 1 atom stereocenters. The summed E-state index contributed by atoms with van der Waals surface area (Å²) in [5, 5.41) is 6.09. The Labute approximate surface area is 107 Å². The first-order valence-electron chi connectivity index (χ1n) is 6.49. The van der Waals surface area contributed by atoms with Crippen molar-refractivity contribution < 1.29 is 9.18 Å². The highest BCUT2D eigenvalue weighted by Crippen LogP contribution is 2.10. The summed E-state index contributed by atoms with van der Waals surface area (Å²) in [6.45, 7) is 1.25. The molecule has 1 saturated heterocycles. The van der Waals surface area contributed by atoms with Gasteiger partial charge in [-0.1, -0.05) is 24.6 Å². The number of piperidine rings is 1. The van der Waals surface area contributed by atoms with Crippen LogP contribution in [0, 0.1) is 5.82 Å². The van der Waals surface area contributed by atoms with Crippen LogP contribution in [0.3, 0.4) is 0 Å². The molecule has 1 aromatic carbocycles. The second-order valence-electron chi connectivity index (χ2n) is 4.72. The Bertz CT molecular complexity index is 403. The van der Waals surface area contributed by atoms with Crippen molar-refractivity contribution in [1.82, 2.24) is 10.6 Å². The van der Waals surface area contributed by atoms with Gasteiger partial charge in [0.05, 0.1) is 0 Å². The number of hydrogen-bond acceptors (Lipinski definition) is 2. The molecule has 4 heteroatoms. The Morgan fingerprint density at radius 1 is 1.39 bits per heavy atom. The average Bonchev–Trinajstić information content (AvgIpc) is 2.39. The molecule has 1 heterocycles. The second kappa shape index (κ2) is 6.50. The normalized spacial score (nSPS) is 19.5. The minimum Gasteiger partial charge on any atom is -0.352 e. The summed E-state index contributed by atoms with van der Waals surface area (Å²) in [6.07, 6.45) is 3.90. The molecule has 1 fully saturated rings. The molecule has 1 aromatic rings. The standard InChI is InChI=1S/C14H19FN2O/c15-13-7-2-1-5-11(13)10-17-14(18)9-12-6-3-4-8-16-12/h1-2,5,7,12,16H,3-4,6,8-10H2,(H,17,18). The van der Waals surface area contributed by atoms with Crippen LogP contribution in [0.5, 0.6) is 0 Å². The predicted octanol–water partition coefficient (Wildman–Crippen LogP) is 1.97. The number of nitrogens with one attached hydrogen (secondary N) is 2. The van der Waals surface area contributed by atoms with Crippen molar-refractivity contribution in [2.45, 2.75) is 38.3 Å². The Kier molecular flexibility index (Phi) is 4.70. The summed E-state index contributed by atoms with van der Waals surface area (Å²) in [6, 6.07) is 6.79. The zero-order valence-electron chi connectivity index (χ0n) is 10.4. The molecule has 2 rings (SSSR count). The van der Waals surface area contributed by atoms with Gasteiger partial charge in [0.2, 0.25) is 5.91 Å². The van der Waals surface area contributed by atoms with Crippen LogP contribution >= 0.6 is 0 Å². The van der Waals surface area contributed by atoms with Crippen molar-refractivity contribution in [2.24, 2.45) is 0 Å². The van der Waals surface area contributed by atoms with Gasteiger partial charge in [-0.2, -0.15) is 0 Å². The maximum atomic E-state index is 13.3. The van der Waals surface area contributed by atoms with E-state index < -0.39 is 0 Å². The molecule has 0 spiro atoms. The fraction of sp³-hybridized carbons (Fsp3) is 0.500. The van der Waals surface area contributed by atoms with Gasteiger partial charge in [-0.15, -0.1) is 0 Å². The number of amides is 1. The number of carbonyl (C=O) groups excluding carboxylic acids is 1. The van der Waals surface area contributed by atoms with E-state index >= 15 is 0 Å². The first-order valence-corrected chi connectivity index (χ1v) is 6.49.